The van der Waals surface area contributed by atoms with Gasteiger partial charge < -0.3 is 20.7 Å². The van der Waals surface area contributed by atoms with Crippen molar-refractivity contribution in [2.24, 2.45) is 0 Å². The summed E-state index contributed by atoms with van der Waals surface area (Å²) in [5, 5.41) is 2.81. The lowest BCUT2D eigenvalue weighted by Crippen LogP contribution is -2.39. The van der Waals surface area contributed by atoms with Crippen molar-refractivity contribution < 1.29 is 9.53 Å². The number of nitrogen functional groups attached to an aromatic ring is 1. The predicted molar refractivity (Wildman–Crippen MR) is 129 cm³/mol. The van der Waals surface area contributed by atoms with Crippen molar-refractivity contribution in [1.29, 1.82) is 0 Å². The van der Waals surface area contributed by atoms with Crippen LogP contribution in [0, 0.1) is 0 Å². The minimum atomic E-state index is -0.120. The smallest absolute Gasteiger partial charge is 0.320 e. The van der Waals surface area contributed by atoms with Gasteiger partial charge in [0.2, 0.25) is 5.91 Å². The Hall–Kier alpha value is -2.87. The molecule has 8 heteroatoms. The molecule has 2 aromatic rings. The van der Waals surface area contributed by atoms with Gasteiger partial charge >= 0.3 is 6.01 Å². The van der Waals surface area contributed by atoms with Gasteiger partial charge in [0.15, 0.2) is 11.6 Å². The quantitative estimate of drug-likeness (QED) is 0.602. The second kappa shape index (κ2) is 11.7. The third kappa shape index (κ3) is 6.09. The Labute approximate surface area is 191 Å². The van der Waals surface area contributed by atoms with E-state index in [0.29, 0.717) is 24.7 Å². The van der Waals surface area contributed by atoms with Crippen molar-refractivity contribution in [2.45, 2.75) is 59.5 Å². The lowest BCUT2D eigenvalue weighted by atomic mass is 10.1. The van der Waals surface area contributed by atoms with Crippen LogP contribution in [0.5, 0.6) is 6.01 Å². The van der Waals surface area contributed by atoms with E-state index in [4.69, 9.17) is 10.5 Å². The number of amides is 1. The number of unbranched alkanes of at least 4 members (excludes halogenated alkanes) is 1. The normalized spacial score (nSPS) is 15.6. The van der Waals surface area contributed by atoms with E-state index in [0.717, 1.165) is 24.9 Å². The fraction of sp³-hybridized carbons (Fsp3) is 0.542. The highest BCUT2D eigenvalue weighted by atomic mass is 16.5. The first-order chi connectivity index (χ1) is 15.6. The summed E-state index contributed by atoms with van der Waals surface area (Å²) in [4.78, 5) is 25.4. The van der Waals surface area contributed by atoms with E-state index in [9.17, 15) is 4.79 Å². The number of hydrogen-bond donors (Lipinski definition) is 2. The van der Waals surface area contributed by atoms with Gasteiger partial charge in [0.05, 0.1) is 13.2 Å². The summed E-state index contributed by atoms with van der Waals surface area (Å²) in [6, 6.07) is 8.80. The number of hydrogen-bond acceptors (Lipinski definition) is 7. The predicted octanol–water partition coefficient (Wildman–Crippen LogP) is 3.82. The standard InChI is InChI=1S/C22H30N6O2.C2H6/c1-2-3-11-30-22-25-20(23)19-21(26-22)28(15-18(29)24-19)14-17-8-6-7-16(12-17)13-27-9-4-5-10-27;1-2/h6-8,12H,2-5,9-11,13-15H2,1H3,(H,24,29)(H2,23,25,26);1-2H3. The molecule has 174 valence electrons. The van der Waals surface area contributed by atoms with Crippen LogP contribution in [0.2, 0.25) is 0 Å². The lowest BCUT2D eigenvalue weighted by molar-refractivity contribution is -0.115. The average Bonchev–Trinajstić information content (AvgIpc) is 3.29. The Bertz CT molecular complexity index is 898. The summed E-state index contributed by atoms with van der Waals surface area (Å²) in [7, 11) is 0. The summed E-state index contributed by atoms with van der Waals surface area (Å²) >= 11 is 0. The fourth-order valence-electron chi connectivity index (χ4n) is 3.97. The Balaban J connectivity index is 0.00000141. The number of rotatable bonds is 8. The molecule has 1 saturated heterocycles. The number of nitrogens with two attached hydrogens (primary N) is 1. The molecule has 1 amide bonds. The van der Waals surface area contributed by atoms with E-state index in [1.165, 1.54) is 31.5 Å². The van der Waals surface area contributed by atoms with Crippen LogP contribution in [0.4, 0.5) is 17.3 Å². The summed E-state index contributed by atoms with van der Waals surface area (Å²) in [5.74, 6) is 0.719. The molecule has 2 aliphatic rings. The molecule has 0 spiro atoms. The first-order valence-electron chi connectivity index (χ1n) is 11.8. The monoisotopic (exact) mass is 440 g/mol. The van der Waals surface area contributed by atoms with Gasteiger partial charge in [0, 0.05) is 13.1 Å². The molecule has 2 aliphatic heterocycles. The molecule has 1 aromatic carbocycles. The largest absolute Gasteiger partial charge is 0.463 e. The molecule has 0 bridgehead atoms. The van der Waals surface area contributed by atoms with Gasteiger partial charge in [-0.3, -0.25) is 9.69 Å². The van der Waals surface area contributed by atoms with E-state index in [1.807, 2.05) is 18.7 Å². The van der Waals surface area contributed by atoms with Gasteiger partial charge in [0.1, 0.15) is 5.69 Å². The number of anilines is 3. The van der Waals surface area contributed by atoms with Gasteiger partial charge in [-0.05, 0) is 43.5 Å². The number of nitrogens with zero attached hydrogens (tertiary/aromatic N) is 4. The van der Waals surface area contributed by atoms with Gasteiger partial charge in [-0.2, -0.15) is 9.97 Å². The fourth-order valence-corrected chi connectivity index (χ4v) is 3.97. The molecule has 4 rings (SSSR count). The molecule has 8 nitrogen and oxygen atoms in total. The molecule has 32 heavy (non-hydrogen) atoms. The van der Waals surface area contributed by atoms with Crippen molar-refractivity contribution in [1.82, 2.24) is 14.9 Å². The molecular formula is C24H36N6O2. The maximum absolute atomic E-state index is 12.3. The maximum atomic E-state index is 12.3. The number of benzene rings is 1. The van der Waals surface area contributed by atoms with E-state index in [2.05, 4.69) is 51.4 Å². The van der Waals surface area contributed by atoms with Crippen molar-refractivity contribution in [3.8, 4) is 6.01 Å². The zero-order valence-corrected chi connectivity index (χ0v) is 19.6. The van der Waals surface area contributed by atoms with Crippen LogP contribution >= 0.6 is 0 Å². The van der Waals surface area contributed by atoms with Crippen LogP contribution in [0.25, 0.3) is 0 Å². The Morgan fingerprint density at radius 3 is 2.56 bits per heavy atom. The van der Waals surface area contributed by atoms with E-state index >= 15 is 0 Å². The zero-order valence-electron chi connectivity index (χ0n) is 19.6. The minimum Gasteiger partial charge on any atom is -0.463 e. The van der Waals surface area contributed by atoms with E-state index < -0.39 is 0 Å². The van der Waals surface area contributed by atoms with Crippen LogP contribution in [-0.2, 0) is 17.9 Å². The highest BCUT2D eigenvalue weighted by Crippen LogP contribution is 2.34. The number of aromatic nitrogens is 2. The molecule has 1 aromatic heterocycles. The second-order valence-corrected chi connectivity index (χ2v) is 8.00. The number of nitrogens with one attached hydrogen (secondary N) is 1. The lowest BCUT2D eigenvalue weighted by Gasteiger charge is -2.30. The van der Waals surface area contributed by atoms with Gasteiger partial charge in [-0.25, -0.2) is 0 Å². The topological polar surface area (TPSA) is 96.6 Å². The SMILES string of the molecule is CC.CCCCOc1nc(N)c2c(n1)N(Cc1cccc(CN3CCCC3)c1)CC(=O)N2. The first kappa shape index (κ1) is 23.8. The van der Waals surface area contributed by atoms with E-state index in [1.54, 1.807) is 0 Å². The number of fused-ring (bicyclic) bond motifs is 1. The van der Waals surface area contributed by atoms with Gasteiger partial charge in [-0.1, -0.05) is 51.5 Å². The van der Waals surface area contributed by atoms with Crippen LogP contribution in [0.15, 0.2) is 24.3 Å². The zero-order chi connectivity index (χ0) is 22.9. The molecule has 3 heterocycles. The molecule has 0 saturated carbocycles. The molecular weight excluding hydrogens is 404 g/mol. The van der Waals surface area contributed by atoms with Crippen molar-refractivity contribution >= 4 is 23.2 Å². The number of ether oxygens (including phenoxy) is 1. The molecule has 0 radical (unpaired) electrons. The minimum absolute atomic E-state index is 0.120. The number of likely N-dealkylation sites (tertiary alicyclic amines) is 1. The molecule has 0 atom stereocenters. The number of carbonyl (C=O) groups excluding carboxylic acids is 1. The van der Waals surface area contributed by atoms with Crippen molar-refractivity contribution in [3.05, 3.63) is 35.4 Å². The first-order valence-corrected chi connectivity index (χ1v) is 11.8. The summed E-state index contributed by atoms with van der Waals surface area (Å²) in [6.45, 7) is 10.7. The van der Waals surface area contributed by atoms with Crippen LogP contribution in [0.3, 0.4) is 0 Å². The second-order valence-electron chi connectivity index (χ2n) is 8.00. The molecule has 0 aliphatic carbocycles. The molecule has 3 N–H and O–H groups in total. The van der Waals surface area contributed by atoms with Gasteiger partial charge in [-0.15, -0.1) is 0 Å². The Morgan fingerprint density at radius 1 is 1.12 bits per heavy atom. The Morgan fingerprint density at radius 2 is 1.84 bits per heavy atom. The number of carbonyl (C=O) groups is 1. The highest BCUT2D eigenvalue weighted by Gasteiger charge is 2.27. The Kier molecular flexibility index (Phi) is 8.67. The van der Waals surface area contributed by atoms with Crippen LogP contribution in [-0.4, -0.2) is 47.0 Å². The summed E-state index contributed by atoms with van der Waals surface area (Å²) < 4.78 is 5.67. The van der Waals surface area contributed by atoms with Crippen LogP contribution < -0.4 is 20.7 Å². The molecule has 1 fully saturated rings. The highest BCUT2D eigenvalue weighted by molar-refractivity contribution is 6.03. The van der Waals surface area contributed by atoms with Crippen LogP contribution in [0.1, 0.15) is 57.6 Å². The van der Waals surface area contributed by atoms with Gasteiger partial charge in [0.25, 0.3) is 0 Å². The van der Waals surface area contributed by atoms with Crippen molar-refractivity contribution in [3.63, 3.8) is 0 Å². The van der Waals surface area contributed by atoms with E-state index in [-0.39, 0.29) is 24.3 Å². The van der Waals surface area contributed by atoms with Crippen molar-refractivity contribution in [2.75, 3.05) is 42.2 Å². The third-order valence-electron chi connectivity index (χ3n) is 5.49. The molecule has 0 unspecified atom stereocenters. The third-order valence-corrected chi connectivity index (χ3v) is 5.49. The summed E-state index contributed by atoms with van der Waals surface area (Å²) in [6.07, 6.45) is 4.51. The summed E-state index contributed by atoms with van der Waals surface area (Å²) in [5.41, 5.74) is 8.99. The average molecular weight is 441 g/mol. The maximum Gasteiger partial charge on any atom is 0.320 e.